The first-order valence-corrected chi connectivity index (χ1v) is 7.86. The van der Waals surface area contributed by atoms with E-state index in [1.54, 1.807) is 36.4 Å². The third-order valence-corrected chi connectivity index (χ3v) is 3.93. The molecule has 1 unspecified atom stereocenters. The van der Waals surface area contributed by atoms with E-state index in [2.05, 4.69) is 15.5 Å². The molecule has 1 atom stereocenters. The third-order valence-electron chi connectivity index (χ3n) is 3.70. The van der Waals surface area contributed by atoms with E-state index in [0.29, 0.717) is 16.0 Å². The van der Waals surface area contributed by atoms with Gasteiger partial charge in [-0.05, 0) is 47.7 Å². The van der Waals surface area contributed by atoms with Gasteiger partial charge in [0.25, 0.3) is 0 Å². The first-order chi connectivity index (χ1) is 13.7. The average molecular weight is 359 g/mol. The Morgan fingerprint density at radius 2 is 2.24 bits per heavy atom. The molecule has 0 saturated carbocycles. The topological polar surface area (TPSA) is 84.7 Å². The van der Waals surface area contributed by atoms with Gasteiger partial charge in [0.2, 0.25) is 5.91 Å². The van der Waals surface area contributed by atoms with Gasteiger partial charge in [0.05, 0.1) is 23.8 Å². The second kappa shape index (κ2) is 6.18. The molecule has 7 nitrogen and oxygen atoms in total. The van der Waals surface area contributed by atoms with E-state index in [4.69, 9.17) is 17.2 Å². The lowest BCUT2D eigenvalue weighted by atomic mass is 10.1. The van der Waals surface area contributed by atoms with Gasteiger partial charge in [-0.1, -0.05) is 29.3 Å². The standard InChI is InChI=1S/C17H15ClN6O/c1-10-2-5-12(6-3-10)19-16(25)9-14-17-21-22-23-24(17)15-7-4-11(18)8-13(15)20-14/h2-8,14,20H,9H2,1H3,(H,19,25)/i9D2/hD2. The van der Waals surface area contributed by atoms with Crippen molar-refractivity contribution in [3.8, 4) is 5.69 Å². The number of hydrogen-bond donors (Lipinski definition) is 2. The predicted molar refractivity (Wildman–Crippen MR) is 95.0 cm³/mol. The molecule has 3 aromatic rings. The highest BCUT2D eigenvalue weighted by Crippen LogP contribution is 2.34. The Labute approximate surface area is 154 Å². The van der Waals surface area contributed by atoms with E-state index in [1.165, 1.54) is 10.7 Å². The quantitative estimate of drug-likeness (QED) is 0.751. The van der Waals surface area contributed by atoms with Crippen LogP contribution >= 0.6 is 11.6 Å². The summed E-state index contributed by atoms with van der Waals surface area (Å²) in [5.41, 5.74) is 1.82. The second-order valence-electron chi connectivity index (χ2n) is 5.51. The van der Waals surface area contributed by atoms with Crippen molar-refractivity contribution < 1.29 is 10.4 Å². The van der Waals surface area contributed by atoms with Crippen molar-refractivity contribution in [3.63, 3.8) is 0 Å². The van der Waals surface area contributed by atoms with Crippen molar-refractivity contribution in [2.75, 3.05) is 10.6 Å². The van der Waals surface area contributed by atoms with E-state index in [9.17, 15) is 4.79 Å². The van der Waals surface area contributed by atoms with Gasteiger partial charge < -0.3 is 10.6 Å². The van der Waals surface area contributed by atoms with Crippen LogP contribution in [0.1, 0.15) is 26.5 Å². The molecule has 0 fully saturated rings. The van der Waals surface area contributed by atoms with Crippen molar-refractivity contribution >= 4 is 28.9 Å². The van der Waals surface area contributed by atoms with Gasteiger partial charge in [0, 0.05) is 13.5 Å². The van der Waals surface area contributed by atoms with Crippen LogP contribution in [-0.4, -0.2) is 26.1 Å². The number of carbonyl (C=O) groups is 1. The van der Waals surface area contributed by atoms with E-state index >= 15 is 0 Å². The molecule has 0 aliphatic carbocycles. The van der Waals surface area contributed by atoms with Crippen LogP contribution in [0.4, 0.5) is 11.4 Å². The summed E-state index contributed by atoms with van der Waals surface area (Å²) in [5.74, 6) is -1.17. The van der Waals surface area contributed by atoms with Crippen molar-refractivity contribution in [1.82, 2.24) is 20.2 Å². The number of anilines is 2. The van der Waals surface area contributed by atoms with Crippen LogP contribution in [-0.2, 0) is 4.79 Å². The third kappa shape index (κ3) is 3.06. The maximum Gasteiger partial charge on any atom is 0.226 e. The Morgan fingerprint density at radius 3 is 3.04 bits per heavy atom. The maximum absolute atomic E-state index is 13.0. The summed E-state index contributed by atoms with van der Waals surface area (Å²) < 4.78 is 34.9. The number of carbonyl (C=O) groups excluding carboxylic acids is 1. The summed E-state index contributed by atoms with van der Waals surface area (Å²) in [6.07, 6.45) is -2.69. The molecule has 4 rings (SSSR count). The van der Waals surface area contributed by atoms with Gasteiger partial charge in [-0.2, -0.15) is 4.68 Å². The fourth-order valence-corrected chi connectivity index (χ4v) is 2.66. The highest BCUT2D eigenvalue weighted by atomic mass is 35.5. The molecule has 1 aliphatic heterocycles. The number of benzene rings is 2. The number of nitrogens with zero attached hydrogens (tertiary/aromatic N) is 4. The van der Waals surface area contributed by atoms with Crippen LogP contribution in [0.5, 0.6) is 0 Å². The molecule has 1 aromatic heterocycles. The van der Waals surface area contributed by atoms with Crippen LogP contribution < -0.4 is 10.6 Å². The van der Waals surface area contributed by atoms with Gasteiger partial charge in [-0.15, -0.1) is 5.10 Å². The number of rotatable bonds is 3. The van der Waals surface area contributed by atoms with E-state index in [-0.39, 0.29) is 17.2 Å². The molecule has 2 N–H and O–H groups in total. The van der Waals surface area contributed by atoms with E-state index < -0.39 is 18.3 Å². The summed E-state index contributed by atoms with van der Waals surface area (Å²) in [4.78, 5) is 13.0. The smallest absolute Gasteiger partial charge is 0.226 e. The van der Waals surface area contributed by atoms with Crippen molar-refractivity contribution in [3.05, 3.63) is 58.9 Å². The molecular formula is C17H15ClN6O. The molecule has 25 heavy (non-hydrogen) atoms. The van der Waals surface area contributed by atoms with Crippen LogP contribution in [0, 0.1) is 6.92 Å². The molecular weight excluding hydrogens is 340 g/mol. The normalized spacial score (nSPS) is 18.3. The predicted octanol–water partition coefficient (Wildman–Crippen LogP) is 3.12. The summed E-state index contributed by atoms with van der Waals surface area (Å²) in [5, 5.41) is 12.9. The lowest BCUT2D eigenvalue weighted by Crippen LogP contribution is -2.27. The largest absolute Gasteiger partial charge is 0.373 e. The maximum atomic E-state index is 13.0. The fourth-order valence-electron chi connectivity index (χ4n) is 2.49. The Hall–Kier alpha value is -2.93. The number of nitrogens with one attached hydrogen (secondary N) is 2. The zero-order valence-electron chi connectivity index (χ0n) is 17.1. The van der Waals surface area contributed by atoms with Crippen LogP contribution in [0.2, 0.25) is 7.85 Å². The minimum absolute atomic E-state index is 0.0227. The van der Waals surface area contributed by atoms with Gasteiger partial charge in [-0.25, -0.2) is 0 Å². The molecule has 126 valence electrons. The number of halogens is 1. The number of fused-ring (bicyclic) bond motifs is 3. The van der Waals surface area contributed by atoms with Crippen LogP contribution in [0.3, 0.4) is 0 Å². The Balaban J connectivity index is 1.76. The number of aryl methyl sites for hydroxylation is 1. The SMILES string of the molecule is [2H]N(C(=O)C([2H])([2H])C1c2nnnn2-c2ccc(Cl)cc2N1[2H])c1ccc(C)cc1. The molecule has 0 radical (unpaired) electrons. The van der Waals surface area contributed by atoms with Gasteiger partial charge >= 0.3 is 0 Å². The minimum atomic E-state index is -2.69. The Kier molecular flexibility index (Phi) is 2.86. The molecule has 1 aliphatic rings. The Morgan fingerprint density at radius 1 is 1.44 bits per heavy atom. The lowest BCUT2D eigenvalue weighted by molar-refractivity contribution is -0.116. The molecule has 8 heteroatoms. The summed E-state index contributed by atoms with van der Waals surface area (Å²) in [6, 6.07) is 9.73. The minimum Gasteiger partial charge on any atom is -0.373 e. The number of tetrazole rings is 1. The van der Waals surface area contributed by atoms with Crippen LogP contribution in [0.25, 0.3) is 5.69 Å². The molecule has 0 spiro atoms. The van der Waals surface area contributed by atoms with E-state index in [0.717, 1.165) is 10.9 Å². The average Bonchev–Trinajstić information content (AvgIpc) is 3.16. The number of amides is 1. The summed E-state index contributed by atoms with van der Waals surface area (Å²) in [7, 11) is 0. The van der Waals surface area contributed by atoms with Crippen LogP contribution in [0.15, 0.2) is 42.5 Å². The number of hydrogen-bond acceptors (Lipinski definition) is 5. The summed E-state index contributed by atoms with van der Waals surface area (Å²) in [6.45, 7) is 1.86. The second-order valence-corrected chi connectivity index (χ2v) is 5.95. The van der Waals surface area contributed by atoms with Crippen molar-refractivity contribution in [2.24, 2.45) is 0 Å². The molecule has 0 bridgehead atoms. The summed E-state index contributed by atoms with van der Waals surface area (Å²) >= 11 is 6.04. The highest BCUT2D eigenvalue weighted by molar-refractivity contribution is 6.31. The first-order valence-electron chi connectivity index (χ1n) is 9.37. The fraction of sp³-hybridized carbons (Fsp3) is 0.176. The molecule has 0 saturated heterocycles. The lowest BCUT2D eigenvalue weighted by Gasteiger charge is -2.25. The van der Waals surface area contributed by atoms with Crippen molar-refractivity contribution in [2.45, 2.75) is 19.3 Å². The molecule has 2 heterocycles. The highest BCUT2D eigenvalue weighted by Gasteiger charge is 2.29. The van der Waals surface area contributed by atoms with Gasteiger partial charge in [0.1, 0.15) is 0 Å². The van der Waals surface area contributed by atoms with Crippen molar-refractivity contribution in [1.29, 1.82) is 0 Å². The first kappa shape index (κ1) is 11.6. The number of aromatic nitrogens is 4. The van der Waals surface area contributed by atoms with Gasteiger partial charge in [-0.3, -0.25) is 4.79 Å². The Bertz CT molecular complexity index is 1090. The monoisotopic (exact) mass is 358 g/mol. The zero-order chi connectivity index (χ0) is 20.9. The zero-order valence-corrected chi connectivity index (χ0v) is 13.8. The molecule has 1 amide bonds. The van der Waals surface area contributed by atoms with Gasteiger partial charge in [0.15, 0.2) is 8.65 Å². The van der Waals surface area contributed by atoms with E-state index in [1.807, 2.05) is 6.92 Å². The molecule has 2 aromatic carbocycles.